The Hall–Kier alpha value is -1.40. The molecule has 0 heterocycles. The molecule has 5 nitrogen and oxygen atoms in total. The van der Waals surface area contributed by atoms with E-state index in [-0.39, 0.29) is 0 Å². The van der Waals surface area contributed by atoms with E-state index in [9.17, 15) is 13.2 Å². The normalized spacial score (nSPS) is 11.1. The smallest absolute Gasteiger partial charge is 0.264 e. The minimum absolute atomic E-state index is 0.316. The van der Waals surface area contributed by atoms with Gasteiger partial charge in [-0.05, 0) is 30.7 Å². The molecule has 0 aliphatic rings. The first kappa shape index (κ1) is 12.7. The Morgan fingerprint density at radius 2 is 2.12 bits per heavy atom. The van der Waals surface area contributed by atoms with Gasteiger partial charge in [-0.2, -0.15) is 0 Å². The monoisotopic (exact) mass is 242 g/mol. The topological polar surface area (TPSA) is 89.3 Å². The van der Waals surface area contributed by atoms with Crippen molar-refractivity contribution >= 4 is 15.9 Å². The number of carbonyl (C=O) groups excluding carboxylic acids is 1. The molecule has 16 heavy (non-hydrogen) atoms. The molecule has 0 aromatic heterocycles. The predicted molar refractivity (Wildman–Crippen MR) is 61.5 cm³/mol. The minimum Gasteiger partial charge on any atom is -0.330 e. The van der Waals surface area contributed by atoms with Crippen LogP contribution in [0.2, 0.25) is 0 Å². The van der Waals surface area contributed by atoms with Crippen LogP contribution < -0.4 is 10.5 Å². The summed E-state index contributed by atoms with van der Waals surface area (Å²) in [4.78, 5) is 11.5. The number of amides is 1. The van der Waals surface area contributed by atoms with Crippen LogP contribution in [0.5, 0.6) is 0 Å². The lowest BCUT2D eigenvalue weighted by Crippen LogP contribution is -2.29. The first-order valence-electron chi connectivity index (χ1n) is 4.73. The largest absolute Gasteiger partial charge is 0.330 e. The molecule has 0 bridgehead atoms. The van der Waals surface area contributed by atoms with Gasteiger partial charge in [0.15, 0.2) is 0 Å². The Labute approximate surface area is 94.7 Å². The van der Waals surface area contributed by atoms with Gasteiger partial charge in [0.25, 0.3) is 5.91 Å². The minimum atomic E-state index is -3.52. The highest BCUT2D eigenvalue weighted by Crippen LogP contribution is 2.05. The molecule has 1 amide bonds. The molecule has 3 N–H and O–H groups in total. The maximum Gasteiger partial charge on any atom is 0.264 e. The van der Waals surface area contributed by atoms with Crippen LogP contribution in [0.4, 0.5) is 0 Å². The molecule has 0 unspecified atom stereocenters. The summed E-state index contributed by atoms with van der Waals surface area (Å²) in [7, 11) is -3.52. The summed E-state index contributed by atoms with van der Waals surface area (Å²) in [6.45, 7) is 0.483. The zero-order valence-electron chi connectivity index (χ0n) is 8.93. The summed E-state index contributed by atoms with van der Waals surface area (Å²) >= 11 is 0. The lowest BCUT2D eigenvalue weighted by Gasteiger charge is -2.04. The van der Waals surface area contributed by atoms with E-state index in [0.717, 1.165) is 11.8 Å². The molecule has 0 atom stereocenters. The SMILES string of the molecule is CS(=O)(=O)NC(=O)c1cccc(CCN)c1. The Kier molecular flexibility index (Phi) is 4.03. The van der Waals surface area contributed by atoms with Gasteiger partial charge < -0.3 is 5.73 Å². The van der Waals surface area contributed by atoms with E-state index in [1.54, 1.807) is 18.2 Å². The van der Waals surface area contributed by atoms with Crippen molar-refractivity contribution in [1.29, 1.82) is 0 Å². The third-order valence-corrected chi connectivity index (χ3v) is 2.46. The van der Waals surface area contributed by atoms with Crippen LogP contribution in [0.25, 0.3) is 0 Å². The lowest BCUT2D eigenvalue weighted by molar-refractivity contribution is 0.0981. The molecule has 6 heteroatoms. The second-order valence-electron chi connectivity index (χ2n) is 3.44. The van der Waals surface area contributed by atoms with Gasteiger partial charge in [-0.3, -0.25) is 4.79 Å². The third kappa shape index (κ3) is 4.00. The van der Waals surface area contributed by atoms with E-state index in [4.69, 9.17) is 5.73 Å². The molecular weight excluding hydrogens is 228 g/mol. The zero-order chi connectivity index (χ0) is 12.2. The van der Waals surface area contributed by atoms with Gasteiger partial charge in [-0.25, -0.2) is 13.1 Å². The predicted octanol–water partition coefficient (Wildman–Crippen LogP) is -0.123. The van der Waals surface area contributed by atoms with Crippen molar-refractivity contribution < 1.29 is 13.2 Å². The van der Waals surface area contributed by atoms with Gasteiger partial charge in [0, 0.05) is 5.56 Å². The molecule has 1 rings (SSSR count). The molecular formula is C10H14N2O3S. The molecule has 0 saturated heterocycles. The van der Waals surface area contributed by atoms with Crippen molar-refractivity contribution in [2.24, 2.45) is 5.73 Å². The van der Waals surface area contributed by atoms with Gasteiger partial charge in [0.2, 0.25) is 10.0 Å². The average Bonchev–Trinajstić information content (AvgIpc) is 2.16. The maximum absolute atomic E-state index is 11.5. The van der Waals surface area contributed by atoms with Crippen molar-refractivity contribution in [2.75, 3.05) is 12.8 Å². The molecule has 0 aliphatic heterocycles. The number of nitrogens with two attached hydrogens (primary N) is 1. The van der Waals surface area contributed by atoms with E-state index in [1.807, 2.05) is 10.8 Å². The highest BCUT2D eigenvalue weighted by molar-refractivity contribution is 7.89. The summed E-state index contributed by atoms with van der Waals surface area (Å²) < 4.78 is 23.7. The van der Waals surface area contributed by atoms with Gasteiger partial charge in [-0.1, -0.05) is 12.1 Å². The first-order valence-corrected chi connectivity index (χ1v) is 6.62. The van der Waals surface area contributed by atoms with E-state index >= 15 is 0 Å². The first-order chi connectivity index (χ1) is 7.42. The Bertz CT molecular complexity index is 483. The molecule has 1 aromatic rings. The van der Waals surface area contributed by atoms with Crippen molar-refractivity contribution in [3.63, 3.8) is 0 Å². The Morgan fingerprint density at radius 3 is 2.69 bits per heavy atom. The van der Waals surface area contributed by atoms with Crippen LogP contribution in [0.1, 0.15) is 15.9 Å². The van der Waals surface area contributed by atoms with Crippen LogP contribution in [-0.2, 0) is 16.4 Å². The standard InChI is InChI=1S/C10H14N2O3S/c1-16(14,15)12-10(13)9-4-2-3-8(7-9)5-6-11/h2-4,7H,5-6,11H2,1H3,(H,12,13). The molecule has 0 aliphatic carbocycles. The molecule has 0 fully saturated rings. The van der Waals surface area contributed by atoms with Crippen molar-refractivity contribution in [2.45, 2.75) is 6.42 Å². The third-order valence-electron chi connectivity index (χ3n) is 1.90. The highest BCUT2D eigenvalue weighted by Gasteiger charge is 2.10. The summed E-state index contributed by atoms with van der Waals surface area (Å²) in [5.74, 6) is -0.624. The van der Waals surface area contributed by atoms with E-state index < -0.39 is 15.9 Å². The summed E-state index contributed by atoms with van der Waals surface area (Å²) in [5, 5.41) is 0. The number of hydrogen-bond donors (Lipinski definition) is 2. The van der Waals surface area contributed by atoms with Gasteiger partial charge in [-0.15, -0.1) is 0 Å². The van der Waals surface area contributed by atoms with Crippen LogP contribution in [0.3, 0.4) is 0 Å². The van der Waals surface area contributed by atoms with Crippen LogP contribution >= 0.6 is 0 Å². The number of carbonyl (C=O) groups is 1. The summed E-state index contributed by atoms with van der Waals surface area (Å²) in [6.07, 6.45) is 1.59. The van der Waals surface area contributed by atoms with Crippen LogP contribution in [0.15, 0.2) is 24.3 Å². The van der Waals surface area contributed by atoms with E-state index in [2.05, 4.69) is 0 Å². The summed E-state index contributed by atoms with van der Waals surface area (Å²) in [5.41, 5.74) is 6.61. The Morgan fingerprint density at radius 1 is 1.44 bits per heavy atom. The number of sulfonamides is 1. The molecule has 88 valence electrons. The molecule has 0 saturated carbocycles. The van der Waals surface area contributed by atoms with Crippen molar-refractivity contribution in [3.05, 3.63) is 35.4 Å². The fraction of sp³-hybridized carbons (Fsp3) is 0.300. The zero-order valence-corrected chi connectivity index (χ0v) is 9.75. The second kappa shape index (κ2) is 5.09. The van der Waals surface area contributed by atoms with E-state index in [0.29, 0.717) is 18.5 Å². The number of nitrogens with one attached hydrogen (secondary N) is 1. The fourth-order valence-corrected chi connectivity index (χ4v) is 1.72. The van der Waals surface area contributed by atoms with Gasteiger partial charge in [0.1, 0.15) is 0 Å². The van der Waals surface area contributed by atoms with E-state index in [1.165, 1.54) is 0 Å². The number of hydrogen-bond acceptors (Lipinski definition) is 4. The lowest BCUT2D eigenvalue weighted by atomic mass is 10.1. The molecule has 0 spiro atoms. The van der Waals surface area contributed by atoms with Gasteiger partial charge >= 0.3 is 0 Å². The Balaban J connectivity index is 2.87. The summed E-state index contributed by atoms with van der Waals surface area (Å²) in [6, 6.07) is 6.72. The number of benzene rings is 1. The van der Waals surface area contributed by atoms with Gasteiger partial charge in [0.05, 0.1) is 6.26 Å². The van der Waals surface area contributed by atoms with Crippen molar-refractivity contribution in [1.82, 2.24) is 4.72 Å². The molecule has 0 radical (unpaired) electrons. The number of rotatable bonds is 4. The maximum atomic E-state index is 11.5. The van der Waals surface area contributed by atoms with Crippen LogP contribution in [-0.4, -0.2) is 27.1 Å². The highest BCUT2D eigenvalue weighted by atomic mass is 32.2. The quantitative estimate of drug-likeness (QED) is 0.770. The molecule has 1 aromatic carbocycles. The van der Waals surface area contributed by atoms with Crippen LogP contribution in [0, 0.1) is 0 Å². The van der Waals surface area contributed by atoms with Crippen molar-refractivity contribution in [3.8, 4) is 0 Å². The fourth-order valence-electron chi connectivity index (χ4n) is 1.26. The average molecular weight is 242 g/mol. The second-order valence-corrected chi connectivity index (χ2v) is 5.19.